The molecule has 23 heavy (non-hydrogen) atoms. The monoisotopic (exact) mass is 322 g/mol. The molecule has 112 valence electrons. The van der Waals surface area contributed by atoms with E-state index >= 15 is 0 Å². The highest BCUT2D eigenvalue weighted by molar-refractivity contribution is 6.33. The maximum atomic E-state index is 8.92. The minimum absolute atomic E-state index is 0.319. The van der Waals surface area contributed by atoms with E-state index in [1.165, 1.54) is 6.20 Å². The summed E-state index contributed by atoms with van der Waals surface area (Å²) in [6.45, 7) is 0. The van der Waals surface area contributed by atoms with Crippen LogP contribution in [0.15, 0.2) is 54.7 Å². The topological polar surface area (TPSA) is 86.5 Å². The van der Waals surface area contributed by atoms with Crippen LogP contribution in [0.4, 0.5) is 23.1 Å². The van der Waals surface area contributed by atoms with Crippen LogP contribution < -0.4 is 10.6 Å². The molecule has 0 spiro atoms. The Morgan fingerprint density at radius 1 is 1.04 bits per heavy atom. The first kappa shape index (κ1) is 14.8. The van der Waals surface area contributed by atoms with Crippen LogP contribution in [0.25, 0.3) is 0 Å². The minimum Gasteiger partial charge on any atom is -0.339 e. The van der Waals surface area contributed by atoms with Crippen molar-refractivity contribution in [2.24, 2.45) is 0 Å². The second-order valence-electron chi connectivity index (χ2n) is 4.59. The number of aromatic nitrogens is 3. The Kier molecular flexibility index (Phi) is 4.32. The summed E-state index contributed by atoms with van der Waals surface area (Å²) < 4.78 is 0. The van der Waals surface area contributed by atoms with Crippen LogP contribution in [-0.2, 0) is 0 Å². The molecule has 7 heteroatoms. The minimum atomic E-state index is 0.319. The lowest BCUT2D eigenvalue weighted by Crippen LogP contribution is -2.02. The third-order valence-corrected chi connectivity index (χ3v) is 3.27. The van der Waals surface area contributed by atoms with Gasteiger partial charge in [0.1, 0.15) is 0 Å². The average molecular weight is 323 g/mol. The van der Waals surface area contributed by atoms with E-state index in [-0.39, 0.29) is 0 Å². The molecule has 0 fully saturated rings. The number of anilines is 4. The zero-order valence-electron chi connectivity index (χ0n) is 11.9. The third kappa shape index (κ3) is 3.73. The van der Waals surface area contributed by atoms with Gasteiger partial charge in [0.05, 0.1) is 28.5 Å². The molecule has 0 radical (unpaired) electrons. The predicted molar refractivity (Wildman–Crippen MR) is 89.0 cm³/mol. The first-order valence-corrected chi connectivity index (χ1v) is 7.11. The Morgan fingerprint density at radius 2 is 1.91 bits per heavy atom. The van der Waals surface area contributed by atoms with Gasteiger partial charge in [0, 0.05) is 5.69 Å². The lowest BCUT2D eigenvalue weighted by molar-refractivity contribution is 0.982. The number of hydrogen-bond donors (Lipinski definition) is 2. The summed E-state index contributed by atoms with van der Waals surface area (Å²) in [6, 6.07) is 16.5. The molecule has 0 aliphatic heterocycles. The lowest BCUT2D eigenvalue weighted by atomic mass is 10.2. The number of nitriles is 1. The molecule has 0 aliphatic rings. The summed E-state index contributed by atoms with van der Waals surface area (Å²) in [5.74, 6) is 0.823. The van der Waals surface area contributed by atoms with Gasteiger partial charge >= 0.3 is 0 Å². The van der Waals surface area contributed by atoms with Gasteiger partial charge in [-0.15, -0.1) is 5.10 Å². The fourth-order valence-corrected chi connectivity index (χ4v) is 2.10. The van der Waals surface area contributed by atoms with Gasteiger partial charge in [0.2, 0.25) is 5.95 Å². The normalized spacial score (nSPS) is 9.91. The molecule has 3 rings (SSSR count). The molecular weight excluding hydrogens is 312 g/mol. The van der Waals surface area contributed by atoms with Crippen LogP contribution in [0.2, 0.25) is 5.02 Å². The van der Waals surface area contributed by atoms with Crippen LogP contribution in [0.1, 0.15) is 5.56 Å². The highest BCUT2D eigenvalue weighted by Crippen LogP contribution is 2.23. The molecular formula is C16H11ClN6. The van der Waals surface area contributed by atoms with E-state index in [2.05, 4.69) is 31.9 Å². The standard InChI is InChI=1S/C16H11ClN6/c17-13-6-1-2-7-14(13)21-16-22-15(10-19-23-16)20-12-5-3-4-11(8-12)9-18/h1-8,10H,(H2,20,21,22,23). The van der Waals surface area contributed by atoms with Gasteiger partial charge in [0.15, 0.2) is 5.82 Å². The molecule has 0 saturated heterocycles. The summed E-state index contributed by atoms with van der Waals surface area (Å²) in [4.78, 5) is 4.32. The molecule has 0 amide bonds. The van der Waals surface area contributed by atoms with Gasteiger partial charge in [-0.3, -0.25) is 0 Å². The van der Waals surface area contributed by atoms with Crippen LogP contribution in [-0.4, -0.2) is 15.2 Å². The number of nitrogens with one attached hydrogen (secondary N) is 2. The van der Waals surface area contributed by atoms with Crippen molar-refractivity contribution in [3.8, 4) is 6.07 Å². The summed E-state index contributed by atoms with van der Waals surface area (Å²) >= 11 is 6.09. The van der Waals surface area contributed by atoms with E-state index in [1.54, 1.807) is 24.3 Å². The molecule has 0 bridgehead atoms. The van der Waals surface area contributed by atoms with Crippen molar-refractivity contribution in [2.45, 2.75) is 0 Å². The van der Waals surface area contributed by atoms with Crippen LogP contribution >= 0.6 is 11.6 Å². The van der Waals surface area contributed by atoms with Crippen molar-refractivity contribution < 1.29 is 0 Å². The largest absolute Gasteiger partial charge is 0.339 e. The summed E-state index contributed by atoms with van der Waals surface area (Å²) in [7, 11) is 0. The first-order chi connectivity index (χ1) is 11.2. The average Bonchev–Trinajstić information content (AvgIpc) is 2.57. The van der Waals surface area contributed by atoms with E-state index in [0.29, 0.717) is 28.0 Å². The second-order valence-corrected chi connectivity index (χ2v) is 4.99. The highest BCUT2D eigenvalue weighted by atomic mass is 35.5. The van der Waals surface area contributed by atoms with Gasteiger partial charge < -0.3 is 10.6 Å². The third-order valence-electron chi connectivity index (χ3n) is 2.94. The Labute approximate surface area is 137 Å². The number of halogens is 1. The molecule has 3 aromatic rings. The number of hydrogen-bond acceptors (Lipinski definition) is 6. The van der Waals surface area contributed by atoms with Gasteiger partial charge in [-0.2, -0.15) is 15.3 Å². The van der Waals surface area contributed by atoms with Gasteiger partial charge in [-0.25, -0.2) is 0 Å². The molecule has 1 heterocycles. The Morgan fingerprint density at radius 3 is 2.74 bits per heavy atom. The Bertz CT molecular complexity index is 874. The molecule has 0 saturated carbocycles. The van der Waals surface area contributed by atoms with Gasteiger partial charge in [-0.1, -0.05) is 29.8 Å². The summed E-state index contributed by atoms with van der Waals surface area (Å²) in [5.41, 5.74) is 2.00. The quantitative estimate of drug-likeness (QED) is 0.758. The number of nitrogens with zero attached hydrogens (tertiary/aromatic N) is 4. The molecule has 2 N–H and O–H groups in total. The maximum absolute atomic E-state index is 8.92. The fraction of sp³-hybridized carbons (Fsp3) is 0. The van der Waals surface area contributed by atoms with Crippen LogP contribution in [0.5, 0.6) is 0 Å². The van der Waals surface area contributed by atoms with Crippen molar-refractivity contribution in [3.05, 3.63) is 65.3 Å². The highest BCUT2D eigenvalue weighted by Gasteiger charge is 2.04. The van der Waals surface area contributed by atoms with Crippen molar-refractivity contribution in [2.75, 3.05) is 10.6 Å². The van der Waals surface area contributed by atoms with E-state index in [4.69, 9.17) is 16.9 Å². The molecule has 6 nitrogen and oxygen atoms in total. The lowest BCUT2D eigenvalue weighted by Gasteiger charge is -2.08. The van der Waals surface area contributed by atoms with Crippen molar-refractivity contribution in [3.63, 3.8) is 0 Å². The zero-order valence-corrected chi connectivity index (χ0v) is 12.6. The molecule has 1 aromatic heterocycles. The number of para-hydroxylation sites is 1. The Hall–Kier alpha value is -3.17. The zero-order chi connectivity index (χ0) is 16.1. The molecule has 0 unspecified atom stereocenters. The molecule has 2 aromatic carbocycles. The van der Waals surface area contributed by atoms with E-state index in [0.717, 1.165) is 5.69 Å². The smallest absolute Gasteiger partial charge is 0.249 e. The predicted octanol–water partition coefficient (Wildman–Crippen LogP) is 3.88. The number of benzene rings is 2. The fourth-order valence-electron chi connectivity index (χ4n) is 1.91. The summed E-state index contributed by atoms with van der Waals surface area (Å²) in [6.07, 6.45) is 1.50. The van der Waals surface area contributed by atoms with Crippen molar-refractivity contribution >= 4 is 34.7 Å². The molecule has 0 atom stereocenters. The van der Waals surface area contributed by atoms with E-state index < -0.39 is 0 Å². The first-order valence-electron chi connectivity index (χ1n) is 6.73. The Balaban J connectivity index is 1.80. The van der Waals surface area contributed by atoms with E-state index in [1.807, 2.05) is 24.3 Å². The second kappa shape index (κ2) is 6.73. The SMILES string of the molecule is N#Cc1cccc(Nc2cnnc(Nc3ccccc3Cl)n2)c1. The van der Waals surface area contributed by atoms with Crippen LogP contribution in [0, 0.1) is 11.3 Å². The number of rotatable bonds is 4. The van der Waals surface area contributed by atoms with Crippen LogP contribution in [0.3, 0.4) is 0 Å². The van der Waals surface area contributed by atoms with Crippen molar-refractivity contribution in [1.82, 2.24) is 15.2 Å². The van der Waals surface area contributed by atoms with Crippen molar-refractivity contribution in [1.29, 1.82) is 5.26 Å². The maximum Gasteiger partial charge on any atom is 0.249 e. The molecule has 0 aliphatic carbocycles. The van der Waals surface area contributed by atoms with Gasteiger partial charge in [0.25, 0.3) is 0 Å². The summed E-state index contributed by atoms with van der Waals surface area (Å²) in [5, 5.41) is 23.4. The van der Waals surface area contributed by atoms with E-state index in [9.17, 15) is 0 Å². The van der Waals surface area contributed by atoms with Gasteiger partial charge in [-0.05, 0) is 30.3 Å².